The minimum Gasteiger partial charge on any atom is -0.367 e. The van der Waals surface area contributed by atoms with E-state index in [1.807, 2.05) is 12.1 Å². The number of nitro groups is 1. The molecule has 0 unspecified atom stereocenters. The van der Waals surface area contributed by atoms with Crippen molar-refractivity contribution < 1.29 is 14.5 Å². The van der Waals surface area contributed by atoms with Crippen LogP contribution in [0.15, 0.2) is 72.8 Å². The first-order chi connectivity index (χ1) is 16.0. The second kappa shape index (κ2) is 9.95. The van der Waals surface area contributed by atoms with Gasteiger partial charge in [-0.05, 0) is 53.8 Å². The average molecular weight is 444 g/mol. The van der Waals surface area contributed by atoms with Crippen LogP contribution in [0.5, 0.6) is 0 Å². The van der Waals surface area contributed by atoms with Gasteiger partial charge in [-0.25, -0.2) is 0 Å². The van der Waals surface area contributed by atoms with Crippen molar-refractivity contribution in [3.63, 3.8) is 0 Å². The van der Waals surface area contributed by atoms with Gasteiger partial charge < -0.3 is 15.5 Å². The number of amides is 2. The topological polar surface area (TPSA) is 105 Å². The molecule has 2 amide bonds. The van der Waals surface area contributed by atoms with Crippen molar-refractivity contribution in [2.24, 2.45) is 0 Å². The molecule has 0 aromatic heterocycles. The lowest BCUT2D eigenvalue weighted by Gasteiger charge is -2.30. The summed E-state index contributed by atoms with van der Waals surface area (Å²) in [5, 5.41) is 15.7. The van der Waals surface area contributed by atoms with Gasteiger partial charge in [0.15, 0.2) is 0 Å². The summed E-state index contributed by atoms with van der Waals surface area (Å²) in [5.74, 6) is -1.57. The van der Waals surface area contributed by atoms with E-state index < -0.39 is 16.7 Å². The predicted molar refractivity (Wildman–Crippen MR) is 126 cm³/mol. The molecule has 3 aromatic rings. The van der Waals surface area contributed by atoms with Crippen molar-refractivity contribution >= 4 is 28.9 Å². The number of anilines is 2. The van der Waals surface area contributed by atoms with E-state index in [1.54, 1.807) is 0 Å². The van der Waals surface area contributed by atoms with Crippen LogP contribution in [0.1, 0.15) is 16.7 Å². The second-order valence-corrected chi connectivity index (χ2v) is 7.87. The van der Waals surface area contributed by atoms with Crippen LogP contribution in [0.3, 0.4) is 0 Å². The summed E-state index contributed by atoms with van der Waals surface area (Å²) in [7, 11) is 0. The van der Waals surface area contributed by atoms with E-state index in [9.17, 15) is 19.7 Å². The van der Waals surface area contributed by atoms with Crippen molar-refractivity contribution in [3.05, 3.63) is 99.6 Å². The van der Waals surface area contributed by atoms with Crippen molar-refractivity contribution in [2.75, 3.05) is 23.3 Å². The van der Waals surface area contributed by atoms with Gasteiger partial charge in [0.05, 0.1) is 4.92 Å². The number of benzene rings is 3. The van der Waals surface area contributed by atoms with E-state index >= 15 is 0 Å². The predicted octanol–water partition coefficient (Wildman–Crippen LogP) is 3.45. The molecule has 3 aromatic carbocycles. The molecule has 1 heterocycles. The average Bonchev–Trinajstić information content (AvgIpc) is 2.84. The summed E-state index contributed by atoms with van der Waals surface area (Å²) < 4.78 is 0. The Morgan fingerprint density at radius 2 is 1.61 bits per heavy atom. The standard InChI is InChI=1S/C25H24N4O4/c30-24(25(31)27-21-7-11-23(12-8-21)29(32)33)26-15-13-18-5-9-22(10-6-18)28-16-14-19-3-1-2-4-20(19)17-28/h1-12H,13-17H2,(H,26,30)(H,27,31). The number of hydrogen-bond acceptors (Lipinski definition) is 5. The third-order valence-electron chi connectivity index (χ3n) is 5.67. The summed E-state index contributed by atoms with van der Waals surface area (Å²) >= 11 is 0. The maximum absolute atomic E-state index is 12.0. The Bertz CT molecular complexity index is 1160. The van der Waals surface area contributed by atoms with E-state index in [-0.39, 0.29) is 5.69 Å². The highest BCUT2D eigenvalue weighted by atomic mass is 16.6. The van der Waals surface area contributed by atoms with E-state index in [4.69, 9.17) is 0 Å². The number of non-ortho nitro benzene ring substituents is 1. The minimum atomic E-state index is -0.815. The van der Waals surface area contributed by atoms with Gasteiger partial charge >= 0.3 is 11.8 Å². The molecule has 8 nitrogen and oxygen atoms in total. The number of nitrogens with zero attached hydrogens (tertiary/aromatic N) is 2. The Hall–Kier alpha value is -4.20. The lowest BCUT2D eigenvalue weighted by molar-refractivity contribution is -0.384. The van der Waals surface area contributed by atoms with Crippen LogP contribution < -0.4 is 15.5 Å². The van der Waals surface area contributed by atoms with Gasteiger partial charge in [0.1, 0.15) is 0 Å². The van der Waals surface area contributed by atoms with Gasteiger partial charge in [0.25, 0.3) is 5.69 Å². The molecule has 0 spiro atoms. The normalized spacial score (nSPS) is 12.5. The maximum Gasteiger partial charge on any atom is 0.313 e. The maximum atomic E-state index is 12.0. The number of fused-ring (bicyclic) bond motifs is 1. The van der Waals surface area contributed by atoms with Gasteiger partial charge in [0, 0.05) is 43.1 Å². The first-order valence-electron chi connectivity index (χ1n) is 10.7. The fraction of sp³-hybridized carbons (Fsp3) is 0.200. The SMILES string of the molecule is O=C(NCCc1ccc(N2CCc3ccccc3C2)cc1)C(=O)Nc1ccc([N+](=O)[O-])cc1. The highest BCUT2D eigenvalue weighted by Crippen LogP contribution is 2.24. The smallest absolute Gasteiger partial charge is 0.313 e. The van der Waals surface area contributed by atoms with Crippen LogP contribution in [-0.2, 0) is 29.0 Å². The minimum absolute atomic E-state index is 0.0893. The molecule has 8 heteroatoms. The zero-order valence-electron chi connectivity index (χ0n) is 18.0. The first-order valence-corrected chi connectivity index (χ1v) is 10.7. The summed E-state index contributed by atoms with van der Waals surface area (Å²) in [6.45, 7) is 2.20. The molecule has 1 aliphatic heterocycles. The van der Waals surface area contributed by atoms with Crippen LogP contribution in [0.4, 0.5) is 17.1 Å². The molecule has 0 atom stereocenters. The van der Waals surface area contributed by atoms with Crippen LogP contribution in [0.25, 0.3) is 0 Å². The molecule has 168 valence electrons. The zero-order chi connectivity index (χ0) is 23.2. The number of nitrogens with one attached hydrogen (secondary N) is 2. The second-order valence-electron chi connectivity index (χ2n) is 7.87. The van der Waals surface area contributed by atoms with Gasteiger partial charge in [-0.1, -0.05) is 36.4 Å². The number of nitro benzene ring substituents is 1. The highest BCUT2D eigenvalue weighted by Gasteiger charge is 2.16. The molecule has 0 fully saturated rings. The summed E-state index contributed by atoms with van der Waals surface area (Å²) in [5.41, 5.74) is 5.23. The third kappa shape index (κ3) is 5.54. The Morgan fingerprint density at radius 3 is 2.30 bits per heavy atom. The van der Waals surface area contributed by atoms with Gasteiger partial charge in [-0.15, -0.1) is 0 Å². The lowest BCUT2D eigenvalue weighted by Crippen LogP contribution is -2.36. The largest absolute Gasteiger partial charge is 0.367 e. The molecule has 0 saturated carbocycles. The zero-order valence-corrected chi connectivity index (χ0v) is 18.0. The molecule has 33 heavy (non-hydrogen) atoms. The third-order valence-corrected chi connectivity index (χ3v) is 5.67. The number of rotatable bonds is 6. The summed E-state index contributed by atoms with van der Waals surface area (Å²) in [6.07, 6.45) is 1.63. The lowest BCUT2D eigenvalue weighted by atomic mass is 9.99. The number of carbonyl (C=O) groups excluding carboxylic acids is 2. The molecule has 1 aliphatic rings. The van der Waals surface area contributed by atoms with Crippen LogP contribution in [0, 0.1) is 10.1 Å². The molecule has 0 aliphatic carbocycles. The van der Waals surface area contributed by atoms with Crippen LogP contribution in [-0.4, -0.2) is 29.8 Å². The van der Waals surface area contributed by atoms with Crippen LogP contribution in [0.2, 0.25) is 0 Å². The van der Waals surface area contributed by atoms with Crippen LogP contribution >= 0.6 is 0 Å². The molecular weight excluding hydrogens is 420 g/mol. The molecule has 0 radical (unpaired) electrons. The van der Waals surface area contributed by atoms with Crippen molar-refractivity contribution in [2.45, 2.75) is 19.4 Å². The van der Waals surface area contributed by atoms with E-state index in [2.05, 4.69) is 51.9 Å². The van der Waals surface area contributed by atoms with Crippen molar-refractivity contribution in [1.29, 1.82) is 0 Å². The quantitative estimate of drug-likeness (QED) is 0.344. The monoisotopic (exact) mass is 444 g/mol. The van der Waals surface area contributed by atoms with E-state index in [0.29, 0.717) is 18.7 Å². The van der Waals surface area contributed by atoms with Gasteiger partial charge in [-0.3, -0.25) is 19.7 Å². The number of carbonyl (C=O) groups is 2. The fourth-order valence-corrected chi connectivity index (χ4v) is 3.84. The Kier molecular flexibility index (Phi) is 6.64. The molecule has 0 saturated heterocycles. The highest BCUT2D eigenvalue weighted by molar-refractivity contribution is 6.39. The molecule has 4 rings (SSSR count). The Labute approximate surface area is 191 Å². The summed E-state index contributed by atoms with van der Waals surface area (Å²) in [4.78, 5) is 36.6. The van der Waals surface area contributed by atoms with E-state index in [0.717, 1.165) is 25.1 Å². The number of hydrogen-bond donors (Lipinski definition) is 2. The molecular formula is C25H24N4O4. The molecule has 2 N–H and O–H groups in total. The molecule has 0 bridgehead atoms. The van der Waals surface area contributed by atoms with Gasteiger partial charge in [0.2, 0.25) is 0 Å². The summed E-state index contributed by atoms with van der Waals surface area (Å²) in [6, 6.07) is 22.1. The first kappa shape index (κ1) is 22.0. The fourth-order valence-electron chi connectivity index (χ4n) is 3.84. The Balaban J connectivity index is 1.23. The van der Waals surface area contributed by atoms with Crippen molar-refractivity contribution in [3.8, 4) is 0 Å². The van der Waals surface area contributed by atoms with E-state index in [1.165, 1.54) is 41.1 Å². The Morgan fingerprint density at radius 1 is 0.909 bits per heavy atom. The van der Waals surface area contributed by atoms with Crippen molar-refractivity contribution in [1.82, 2.24) is 5.32 Å². The van der Waals surface area contributed by atoms with Gasteiger partial charge in [-0.2, -0.15) is 0 Å².